The van der Waals surface area contributed by atoms with Crippen LogP contribution in [0, 0.1) is 0 Å². The van der Waals surface area contributed by atoms with Gasteiger partial charge in [0.1, 0.15) is 4.99 Å². The van der Waals surface area contributed by atoms with Gasteiger partial charge in [-0.25, -0.2) is 0 Å². The van der Waals surface area contributed by atoms with Gasteiger partial charge in [0, 0.05) is 29.2 Å². The predicted octanol–water partition coefficient (Wildman–Crippen LogP) is 2.64. The second kappa shape index (κ2) is 4.61. The first-order valence-electron chi connectivity index (χ1n) is 5.17. The molecule has 0 aliphatic rings. The van der Waals surface area contributed by atoms with E-state index in [0.717, 1.165) is 16.5 Å². The van der Waals surface area contributed by atoms with E-state index in [1.54, 1.807) is 0 Å². The van der Waals surface area contributed by atoms with Crippen molar-refractivity contribution in [3.8, 4) is 0 Å². The van der Waals surface area contributed by atoms with Gasteiger partial charge in [0.2, 0.25) is 0 Å². The van der Waals surface area contributed by atoms with Crippen LogP contribution in [0.3, 0.4) is 0 Å². The highest BCUT2D eigenvalue weighted by Gasteiger charge is 2.06. The number of nitrogens with two attached hydrogens (primary N) is 1. The molecule has 1 aromatic heterocycles. The largest absolute Gasteiger partial charge is 0.389 e. The summed E-state index contributed by atoms with van der Waals surface area (Å²) in [5.41, 5.74) is 7.59. The molecule has 0 fully saturated rings. The van der Waals surface area contributed by atoms with Crippen molar-refractivity contribution < 1.29 is 4.39 Å². The fourth-order valence-electron chi connectivity index (χ4n) is 1.86. The van der Waals surface area contributed by atoms with E-state index in [2.05, 4.69) is 0 Å². The van der Waals surface area contributed by atoms with Crippen molar-refractivity contribution in [1.29, 1.82) is 0 Å². The van der Waals surface area contributed by atoms with E-state index in [4.69, 9.17) is 18.0 Å². The molecular formula is C12H13FN2S. The van der Waals surface area contributed by atoms with Crippen molar-refractivity contribution in [2.75, 3.05) is 6.67 Å². The zero-order valence-electron chi connectivity index (χ0n) is 8.82. The lowest BCUT2D eigenvalue weighted by Gasteiger charge is -2.05. The van der Waals surface area contributed by atoms with Crippen LogP contribution in [-0.2, 0) is 6.54 Å². The van der Waals surface area contributed by atoms with Gasteiger partial charge in [-0.05, 0) is 18.6 Å². The first-order chi connectivity index (χ1) is 7.74. The molecule has 84 valence electrons. The van der Waals surface area contributed by atoms with E-state index >= 15 is 0 Å². The number of aromatic nitrogens is 1. The van der Waals surface area contributed by atoms with E-state index < -0.39 is 0 Å². The maximum atomic E-state index is 12.1. The quantitative estimate of drug-likeness (QED) is 0.827. The molecule has 0 bridgehead atoms. The van der Waals surface area contributed by atoms with Crippen molar-refractivity contribution >= 4 is 28.1 Å². The van der Waals surface area contributed by atoms with Gasteiger partial charge in [0.05, 0.1) is 6.67 Å². The lowest BCUT2D eigenvalue weighted by molar-refractivity contribution is 0.450. The zero-order chi connectivity index (χ0) is 11.5. The summed E-state index contributed by atoms with van der Waals surface area (Å²) in [5.74, 6) is 0. The van der Waals surface area contributed by atoms with Crippen molar-refractivity contribution in [3.63, 3.8) is 0 Å². The highest BCUT2D eigenvalue weighted by atomic mass is 32.1. The third-order valence-electron chi connectivity index (χ3n) is 2.61. The Morgan fingerprint density at radius 2 is 2.19 bits per heavy atom. The van der Waals surface area contributed by atoms with Crippen LogP contribution in [0.2, 0.25) is 0 Å². The number of fused-ring (bicyclic) bond motifs is 1. The molecule has 1 heterocycles. The van der Waals surface area contributed by atoms with Crippen molar-refractivity contribution in [3.05, 3.63) is 36.0 Å². The van der Waals surface area contributed by atoms with Crippen LogP contribution >= 0.6 is 12.2 Å². The van der Waals surface area contributed by atoms with Crippen LogP contribution in [0.1, 0.15) is 12.0 Å². The van der Waals surface area contributed by atoms with Gasteiger partial charge in [-0.15, -0.1) is 0 Å². The number of hydrogen-bond donors (Lipinski definition) is 1. The van der Waals surface area contributed by atoms with Gasteiger partial charge in [0.25, 0.3) is 0 Å². The molecule has 2 rings (SSSR count). The van der Waals surface area contributed by atoms with Crippen LogP contribution < -0.4 is 5.73 Å². The van der Waals surface area contributed by atoms with Gasteiger partial charge >= 0.3 is 0 Å². The number of alkyl halides is 1. The Balaban J connectivity index is 2.48. The molecule has 0 aliphatic carbocycles. The van der Waals surface area contributed by atoms with E-state index in [9.17, 15) is 4.39 Å². The predicted molar refractivity (Wildman–Crippen MR) is 68.4 cm³/mol. The van der Waals surface area contributed by atoms with Crippen LogP contribution in [0.4, 0.5) is 4.39 Å². The second-order valence-electron chi connectivity index (χ2n) is 3.65. The molecule has 0 aliphatic heterocycles. The van der Waals surface area contributed by atoms with Crippen LogP contribution in [0.15, 0.2) is 30.5 Å². The number of rotatable bonds is 4. The second-order valence-corrected chi connectivity index (χ2v) is 4.09. The minimum atomic E-state index is -0.297. The first-order valence-corrected chi connectivity index (χ1v) is 5.58. The monoisotopic (exact) mass is 236 g/mol. The van der Waals surface area contributed by atoms with Gasteiger partial charge in [-0.1, -0.05) is 24.4 Å². The van der Waals surface area contributed by atoms with Crippen LogP contribution in [-0.4, -0.2) is 16.2 Å². The van der Waals surface area contributed by atoms with Crippen LogP contribution in [0.5, 0.6) is 0 Å². The highest BCUT2D eigenvalue weighted by Crippen LogP contribution is 2.20. The minimum absolute atomic E-state index is 0.297. The molecule has 4 heteroatoms. The molecule has 2 nitrogen and oxygen atoms in total. The SMILES string of the molecule is NC(=S)c1cccc2c1ccn2CCCF. The maximum absolute atomic E-state index is 12.1. The Morgan fingerprint density at radius 1 is 1.38 bits per heavy atom. The molecule has 0 saturated heterocycles. The summed E-state index contributed by atoms with van der Waals surface area (Å²) < 4.78 is 14.2. The summed E-state index contributed by atoms with van der Waals surface area (Å²) in [6.45, 7) is 0.384. The Labute approximate surface area is 98.9 Å². The maximum Gasteiger partial charge on any atom is 0.104 e. The van der Waals surface area contributed by atoms with Gasteiger partial charge in [-0.3, -0.25) is 4.39 Å². The molecule has 0 radical (unpaired) electrons. The third kappa shape index (κ3) is 1.93. The Morgan fingerprint density at radius 3 is 2.88 bits per heavy atom. The summed E-state index contributed by atoms with van der Waals surface area (Å²) >= 11 is 4.99. The van der Waals surface area contributed by atoms with E-state index in [-0.39, 0.29) is 6.67 Å². The summed E-state index contributed by atoms with van der Waals surface area (Å²) in [6.07, 6.45) is 2.48. The average Bonchev–Trinajstić information content (AvgIpc) is 2.69. The topological polar surface area (TPSA) is 30.9 Å². The summed E-state index contributed by atoms with van der Waals surface area (Å²) in [4.78, 5) is 0.397. The van der Waals surface area contributed by atoms with Crippen LogP contribution in [0.25, 0.3) is 10.9 Å². The van der Waals surface area contributed by atoms with E-state index in [1.165, 1.54) is 0 Å². The standard InChI is InChI=1S/C12H13FN2S/c13-6-2-7-15-8-5-9-10(12(14)16)3-1-4-11(9)15/h1,3-5,8H,2,6-7H2,(H2,14,16). The number of nitrogens with zero attached hydrogens (tertiary/aromatic N) is 1. The zero-order valence-corrected chi connectivity index (χ0v) is 9.64. The van der Waals surface area contributed by atoms with Crippen molar-refractivity contribution in [2.24, 2.45) is 5.73 Å². The molecule has 1 aromatic carbocycles. The van der Waals surface area contributed by atoms with Gasteiger partial charge in [-0.2, -0.15) is 0 Å². The molecule has 0 saturated carbocycles. The lowest BCUT2D eigenvalue weighted by Crippen LogP contribution is -2.09. The lowest BCUT2D eigenvalue weighted by atomic mass is 10.1. The number of halogens is 1. The number of aryl methyl sites for hydroxylation is 1. The molecule has 0 unspecified atom stereocenters. The van der Waals surface area contributed by atoms with Gasteiger partial charge < -0.3 is 10.3 Å². The molecule has 0 spiro atoms. The van der Waals surface area contributed by atoms with Gasteiger partial charge in [0.15, 0.2) is 0 Å². The van der Waals surface area contributed by atoms with Crippen molar-refractivity contribution in [2.45, 2.75) is 13.0 Å². The summed E-state index contributed by atoms with van der Waals surface area (Å²) in [5, 5.41) is 1.04. The molecule has 2 N–H and O–H groups in total. The Bertz CT molecular complexity index is 519. The molecule has 16 heavy (non-hydrogen) atoms. The Hall–Kier alpha value is -1.42. The summed E-state index contributed by atoms with van der Waals surface area (Å²) in [7, 11) is 0. The molecular weight excluding hydrogens is 223 g/mol. The first kappa shape index (κ1) is 11.1. The average molecular weight is 236 g/mol. The third-order valence-corrected chi connectivity index (χ3v) is 2.83. The molecule has 2 aromatic rings. The Kier molecular flexibility index (Phi) is 3.19. The number of hydrogen-bond acceptors (Lipinski definition) is 1. The van der Waals surface area contributed by atoms with Crippen molar-refractivity contribution in [1.82, 2.24) is 4.57 Å². The fraction of sp³-hybridized carbons (Fsp3) is 0.250. The van der Waals surface area contributed by atoms with E-state index in [1.807, 2.05) is 35.0 Å². The summed E-state index contributed by atoms with van der Waals surface area (Å²) in [6, 6.07) is 7.80. The number of thiocarbonyl (C=S) groups is 1. The molecule has 0 amide bonds. The normalized spacial score (nSPS) is 10.8. The highest BCUT2D eigenvalue weighted by molar-refractivity contribution is 7.80. The fourth-order valence-corrected chi connectivity index (χ4v) is 2.04. The molecule has 0 atom stereocenters. The number of benzene rings is 1. The minimum Gasteiger partial charge on any atom is -0.389 e. The van der Waals surface area contributed by atoms with E-state index in [0.29, 0.717) is 18.0 Å². The smallest absolute Gasteiger partial charge is 0.104 e.